The summed E-state index contributed by atoms with van der Waals surface area (Å²) in [6.07, 6.45) is 0. The minimum Gasteiger partial charge on any atom is -0.505 e. The fourth-order valence-electron chi connectivity index (χ4n) is 1.57. The highest BCUT2D eigenvalue weighted by molar-refractivity contribution is 6.45. The Labute approximate surface area is 112 Å². The second kappa shape index (κ2) is 5.87. The average Bonchev–Trinajstić information content (AvgIpc) is 2.32. The molecule has 0 bridgehead atoms. The van der Waals surface area contributed by atoms with Crippen molar-refractivity contribution in [3.8, 4) is 11.8 Å². The number of rotatable bonds is 4. The van der Waals surface area contributed by atoms with Gasteiger partial charge in [0.05, 0.1) is 0 Å². The van der Waals surface area contributed by atoms with Gasteiger partial charge in [-0.1, -0.05) is 26.0 Å². The standard InChI is InChI=1S/C13H17N5O/c1-7(2)9-5-4-8(3)11(12(9)19)18-17-10(6-14)13(15)16/h4-5,7,18-19H,1-3H3,(H3,15,16)/b17-10+. The van der Waals surface area contributed by atoms with Crippen LogP contribution in [0.25, 0.3) is 0 Å². The smallest absolute Gasteiger partial charge is 0.201 e. The third-order valence-electron chi connectivity index (χ3n) is 2.68. The molecule has 0 saturated carbocycles. The van der Waals surface area contributed by atoms with E-state index in [0.717, 1.165) is 11.1 Å². The van der Waals surface area contributed by atoms with Gasteiger partial charge in [-0.2, -0.15) is 10.4 Å². The summed E-state index contributed by atoms with van der Waals surface area (Å²) in [6, 6.07) is 5.41. The number of aryl methyl sites for hydroxylation is 1. The molecule has 0 aliphatic heterocycles. The van der Waals surface area contributed by atoms with Crippen LogP contribution in [0.15, 0.2) is 17.2 Å². The van der Waals surface area contributed by atoms with E-state index in [1.165, 1.54) is 0 Å². The molecule has 100 valence electrons. The van der Waals surface area contributed by atoms with Gasteiger partial charge < -0.3 is 10.8 Å². The number of hydrogen-bond acceptors (Lipinski definition) is 5. The first-order valence-electron chi connectivity index (χ1n) is 5.79. The van der Waals surface area contributed by atoms with Crippen LogP contribution in [-0.2, 0) is 0 Å². The van der Waals surface area contributed by atoms with Crippen LogP contribution >= 0.6 is 0 Å². The summed E-state index contributed by atoms with van der Waals surface area (Å²) in [7, 11) is 0. The molecule has 0 aromatic heterocycles. The first-order chi connectivity index (χ1) is 8.88. The SMILES string of the molecule is Cc1ccc(C(C)C)c(O)c1N/N=C(\C#N)C(=N)N. The Morgan fingerprint density at radius 1 is 1.53 bits per heavy atom. The van der Waals surface area contributed by atoms with Crippen LogP contribution in [0.5, 0.6) is 5.75 Å². The van der Waals surface area contributed by atoms with Gasteiger partial charge in [0.25, 0.3) is 0 Å². The van der Waals surface area contributed by atoms with Crippen molar-refractivity contribution in [1.82, 2.24) is 0 Å². The molecule has 0 aliphatic rings. The van der Waals surface area contributed by atoms with Gasteiger partial charge in [-0.05, 0) is 24.0 Å². The molecule has 0 amide bonds. The maximum Gasteiger partial charge on any atom is 0.201 e. The fraction of sp³-hybridized carbons (Fsp3) is 0.308. The number of anilines is 1. The van der Waals surface area contributed by atoms with Crippen LogP contribution in [0, 0.1) is 23.7 Å². The maximum absolute atomic E-state index is 10.2. The topological polar surface area (TPSA) is 118 Å². The zero-order valence-electron chi connectivity index (χ0n) is 11.2. The molecule has 6 nitrogen and oxygen atoms in total. The van der Waals surface area contributed by atoms with Gasteiger partial charge >= 0.3 is 0 Å². The van der Waals surface area contributed by atoms with Crippen LogP contribution < -0.4 is 11.2 Å². The number of aromatic hydroxyl groups is 1. The quantitative estimate of drug-likeness (QED) is 0.286. The Kier molecular flexibility index (Phi) is 4.48. The van der Waals surface area contributed by atoms with Crippen molar-refractivity contribution in [3.05, 3.63) is 23.3 Å². The predicted octanol–water partition coefficient (Wildman–Crippen LogP) is 2.05. The largest absolute Gasteiger partial charge is 0.505 e. The van der Waals surface area contributed by atoms with E-state index >= 15 is 0 Å². The highest BCUT2D eigenvalue weighted by atomic mass is 16.3. The number of nitrogens with two attached hydrogens (primary N) is 1. The van der Waals surface area contributed by atoms with Crippen molar-refractivity contribution < 1.29 is 5.11 Å². The molecule has 0 spiro atoms. The van der Waals surface area contributed by atoms with Gasteiger partial charge in [0.2, 0.25) is 5.71 Å². The summed E-state index contributed by atoms with van der Waals surface area (Å²) in [5, 5.41) is 29.8. The predicted molar refractivity (Wildman–Crippen MR) is 75.5 cm³/mol. The summed E-state index contributed by atoms with van der Waals surface area (Å²) in [4.78, 5) is 0. The van der Waals surface area contributed by atoms with E-state index in [9.17, 15) is 5.11 Å². The van der Waals surface area contributed by atoms with Crippen LogP contribution in [0.1, 0.15) is 30.9 Å². The van der Waals surface area contributed by atoms with E-state index in [1.807, 2.05) is 32.9 Å². The molecule has 0 fully saturated rings. The van der Waals surface area contributed by atoms with Crippen LogP contribution in [0.4, 0.5) is 5.69 Å². The Morgan fingerprint density at radius 2 is 2.16 bits per heavy atom. The number of phenolic OH excluding ortho intramolecular Hbond substituents is 1. The van der Waals surface area contributed by atoms with Gasteiger partial charge in [-0.3, -0.25) is 10.8 Å². The number of nitriles is 1. The molecular weight excluding hydrogens is 242 g/mol. The van der Waals surface area contributed by atoms with Crippen molar-refractivity contribution in [2.24, 2.45) is 10.8 Å². The van der Waals surface area contributed by atoms with Gasteiger partial charge in [0, 0.05) is 0 Å². The average molecular weight is 259 g/mol. The molecule has 19 heavy (non-hydrogen) atoms. The molecule has 5 N–H and O–H groups in total. The van der Waals surface area contributed by atoms with Crippen LogP contribution in [0.2, 0.25) is 0 Å². The lowest BCUT2D eigenvalue weighted by Gasteiger charge is -2.14. The normalized spacial score (nSPS) is 11.2. The van der Waals surface area contributed by atoms with E-state index < -0.39 is 5.84 Å². The van der Waals surface area contributed by atoms with Crippen molar-refractivity contribution in [2.75, 3.05) is 5.43 Å². The molecule has 0 radical (unpaired) electrons. The fourth-order valence-corrected chi connectivity index (χ4v) is 1.57. The molecule has 1 aromatic rings. The van der Waals surface area contributed by atoms with Gasteiger partial charge in [-0.25, -0.2) is 0 Å². The van der Waals surface area contributed by atoms with E-state index in [2.05, 4.69) is 10.5 Å². The third kappa shape index (κ3) is 3.22. The second-order valence-electron chi connectivity index (χ2n) is 4.45. The Morgan fingerprint density at radius 3 is 2.63 bits per heavy atom. The summed E-state index contributed by atoms with van der Waals surface area (Å²) in [5.41, 5.74) is 9.55. The summed E-state index contributed by atoms with van der Waals surface area (Å²) >= 11 is 0. The number of benzene rings is 1. The number of phenols is 1. The van der Waals surface area contributed by atoms with Crippen molar-refractivity contribution >= 4 is 17.2 Å². The minimum absolute atomic E-state index is 0.0968. The Hall–Kier alpha value is -2.55. The zero-order valence-corrected chi connectivity index (χ0v) is 11.2. The van der Waals surface area contributed by atoms with Crippen molar-refractivity contribution in [2.45, 2.75) is 26.7 Å². The Balaban J connectivity index is 3.18. The summed E-state index contributed by atoms with van der Waals surface area (Å²) < 4.78 is 0. The zero-order chi connectivity index (χ0) is 14.6. The monoisotopic (exact) mass is 259 g/mol. The maximum atomic E-state index is 10.2. The highest BCUT2D eigenvalue weighted by Gasteiger charge is 2.13. The lowest BCUT2D eigenvalue weighted by molar-refractivity contribution is 0.466. The number of nitrogens with one attached hydrogen (secondary N) is 2. The lowest BCUT2D eigenvalue weighted by Crippen LogP contribution is -2.22. The van der Waals surface area contributed by atoms with E-state index in [1.54, 1.807) is 6.07 Å². The second-order valence-corrected chi connectivity index (χ2v) is 4.45. The molecule has 0 unspecified atom stereocenters. The van der Waals surface area contributed by atoms with Gasteiger partial charge in [0.1, 0.15) is 17.5 Å². The minimum atomic E-state index is -0.424. The summed E-state index contributed by atoms with van der Waals surface area (Å²) in [5.74, 6) is -0.167. The number of nitrogens with zero attached hydrogens (tertiary/aromatic N) is 2. The molecule has 0 aliphatic carbocycles. The third-order valence-corrected chi connectivity index (χ3v) is 2.68. The summed E-state index contributed by atoms with van der Waals surface area (Å²) in [6.45, 7) is 5.74. The van der Waals surface area contributed by atoms with Gasteiger partial charge in [0.15, 0.2) is 5.84 Å². The highest BCUT2D eigenvalue weighted by Crippen LogP contribution is 2.35. The molecule has 1 rings (SSSR count). The first kappa shape index (κ1) is 14.5. The molecule has 0 heterocycles. The van der Waals surface area contributed by atoms with E-state index in [0.29, 0.717) is 5.69 Å². The van der Waals surface area contributed by atoms with E-state index in [-0.39, 0.29) is 17.4 Å². The molecule has 1 aromatic carbocycles. The Bertz CT molecular complexity index is 569. The molecule has 0 atom stereocenters. The van der Waals surface area contributed by atoms with Crippen LogP contribution in [-0.4, -0.2) is 16.7 Å². The molecule has 0 saturated heterocycles. The van der Waals surface area contributed by atoms with Crippen molar-refractivity contribution in [3.63, 3.8) is 0 Å². The van der Waals surface area contributed by atoms with Gasteiger partial charge in [-0.15, -0.1) is 0 Å². The first-order valence-corrected chi connectivity index (χ1v) is 5.79. The lowest BCUT2D eigenvalue weighted by atomic mass is 9.99. The van der Waals surface area contributed by atoms with E-state index in [4.69, 9.17) is 16.4 Å². The van der Waals surface area contributed by atoms with Crippen LogP contribution in [0.3, 0.4) is 0 Å². The molecule has 6 heteroatoms. The number of hydrogen-bond donors (Lipinski definition) is 4. The molecular formula is C13H17N5O. The van der Waals surface area contributed by atoms with Crippen molar-refractivity contribution in [1.29, 1.82) is 10.7 Å². The number of hydrazone groups is 1. The number of amidine groups is 1.